The number of rotatable bonds is 4. The van der Waals surface area contributed by atoms with E-state index in [1.165, 1.54) is 10.4 Å². The van der Waals surface area contributed by atoms with Crippen molar-refractivity contribution < 1.29 is 10.0 Å². The zero-order chi connectivity index (χ0) is 13.0. The highest BCUT2D eigenvalue weighted by Gasteiger charge is 2.17. The van der Waals surface area contributed by atoms with Gasteiger partial charge in [-0.1, -0.05) is 5.16 Å². The maximum atomic E-state index is 11.6. The number of thiophene rings is 1. The summed E-state index contributed by atoms with van der Waals surface area (Å²) in [6.07, 6.45) is 0. The Bertz CT molecular complexity index is 420. The second-order valence-electron chi connectivity index (χ2n) is 3.92. The number of oxime groups is 1. The van der Waals surface area contributed by atoms with Crippen LogP contribution in [0.1, 0.15) is 22.2 Å². The van der Waals surface area contributed by atoms with Crippen LogP contribution in [0.4, 0.5) is 0 Å². The first-order valence-electron chi connectivity index (χ1n) is 5.26. The van der Waals surface area contributed by atoms with Crippen molar-refractivity contribution in [1.82, 2.24) is 5.32 Å². The number of hydrogen-bond acceptors (Lipinski definition) is 4. The first kappa shape index (κ1) is 13.5. The first-order chi connectivity index (χ1) is 7.95. The second kappa shape index (κ2) is 5.67. The fraction of sp³-hybridized carbons (Fsp3) is 0.455. The molecular weight excluding hydrogens is 238 g/mol. The van der Waals surface area contributed by atoms with Gasteiger partial charge in [0.05, 0.1) is 12.5 Å². The number of nitrogens with one attached hydrogen (secondary N) is 1. The van der Waals surface area contributed by atoms with Crippen LogP contribution >= 0.6 is 11.3 Å². The Balaban J connectivity index is 2.54. The van der Waals surface area contributed by atoms with Gasteiger partial charge in [-0.05, 0) is 32.4 Å². The molecule has 0 fully saturated rings. The maximum Gasteiger partial charge on any atom is 0.230 e. The number of hydrogen-bond donors (Lipinski definition) is 3. The monoisotopic (exact) mass is 255 g/mol. The molecule has 1 heterocycles. The Morgan fingerprint density at radius 2 is 2.29 bits per heavy atom. The van der Waals surface area contributed by atoms with Crippen molar-refractivity contribution in [3.63, 3.8) is 0 Å². The Morgan fingerprint density at radius 1 is 1.65 bits per heavy atom. The van der Waals surface area contributed by atoms with Gasteiger partial charge < -0.3 is 16.3 Å². The minimum Gasteiger partial charge on any atom is -0.409 e. The van der Waals surface area contributed by atoms with Crippen molar-refractivity contribution in [2.75, 3.05) is 0 Å². The highest BCUT2D eigenvalue weighted by molar-refractivity contribution is 7.12. The van der Waals surface area contributed by atoms with E-state index in [4.69, 9.17) is 10.9 Å². The van der Waals surface area contributed by atoms with Gasteiger partial charge in [0, 0.05) is 9.75 Å². The number of carbonyl (C=O) groups is 1. The molecule has 1 amide bonds. The zero-order valence-corrected chi connectivity index (χ0v) is 11.0. The molecule has 1 aromatic rings. The molecule has 1 rings (SSSR count). The summed E-state index contributed by atoms with van der Waals surface area (Å²) < 4.78 is 0. The smallest absolute Gasteiger partial charge is 0.230 e. The molecule has 5 nitrogen and oxygen atoms in total. The largest absolute Gasteiger partial charge is 0.409 e. The van der Waals surface area contributed by atoms with Crippen molar-refractivity contribution in [2.45, 2.75) is 27.3 Å². The lowest BCUT2D eigenvalue weighted by Gasteiger charge is -2.09. The highest BCUT2D eigenvalue weighted by Crippen LogP contribution is 2.20. The fourth-order valence-corrected chi connectivity index (χ4v) is 2.28. The minimum atomic E-state index is -0.623. The predicted molar refractivity (Wildman–Crippen MR) is 68.2 cm³/mol. The summed E-state index contributed by atoms with van der Waals surface area (Å²) in [5.74, 6) is -0.952. The standard InChI is InChI=1S/C11H17N3O2S/c1-6-4-9(17-8(6)3)5-13-11(15)7(2)10(12)14-16/h4,7,16H,5H2,1-3H3,(H2,12,14)(H,13,15). The Labute approximate surface area is 104 Å². The summed E-state index contributed by atoms with van der Waals surface area (Å²) in [5, 5.41) is 14.0. The van der Waals surface area contributed by atoms with Gasteiger partial charge in [-0.25, -0.2) is 0 Å². The average Bonchev–Trinajstić information content (AvgIpc) is 2.63. The normalized spacial score (nSPS) is 13.5. The lowest BCUT2D eigenvalue weighted by molar-refractivity contribution is -0.122. The third-order valence-corrected chi connectivity index (χ3v) is 3.76. The van der Waals surface area contributed by atoms with Gasteiger partial charge in [-0.2, -0.15) is 0 Å². The molecule has 0 spiro atoms. The van der Waals surface area contributed by atoms with Gasteiger partial charge in [-0.3, -0.25) is 4.79 Å². The molecular formula is C11H17N3O2S. The van der Waals surface area contributed by atoms with E-state index in [1.807, 2.05) is 13.8 Å². The van der Waals surface area contributed by atoms with Crippen LogP contribution in [0.15, 0.2) is 11.2 Å². The molecule has 1 aromatic heterocycles. The lowest BCUT2D eigenvalue weighted by atomic mass is 10.1. The summed E-state index contributed by atoms with van der Waals surface area (Å²) in [7, 11) is 0. The van der Waals surface area contributed by atoms with E-state index in [2.05, 4.69) is 16.5 Å². The van der Waals surface area contributed by atoms with E-state index in [0.717, 1.165) is 4.88 Å². The van der Waals surface area contributed by atoms with E-state index in [0.29, 0.717) is 6.54 Å². The predicted octanol–water partition coefficient (Wildman–Crippen LogP) is 1.36. The van der Waals surface area contributed by atoms with Crippen molar-refractivity contribution in [1.29, 1.82) is 0 Å². The molecule has 0 bridgehead atoms. The van der Waals surface area contributed by atoms with Crippen LogP contribution in [-0.4, -0.2) is 17.0 Å². The van der Waals surface area contributed by atoms with Crippen molar-refractivity contribution >= 4 is 23.1 Å². The molecule has 0 aromatic carbocycles. The number of aryl methyl sites for hydroxylation is 2. The number of carbonyl (C=O) groups excluding carboxylic acids is 1. The quantitative estimate of drug-likeness (QED) is 0.328. The Kier molecular flexibility index (Phi) is 4.51. The molecule has 6 heteroatoms. The van der Waals surface area contributed by atoms with Gasteiger partial charge in [0.2, 0.25) is 5.91 Å². The molecule has 0 saturated heterocycles. The van der Waals surface area contributed by atoms with Crippen LogP contribution in [0.25, 0.3) is 0 Å². The van der Waals surface area contributed by atoms with Crippen LogP contribution in [0.5, 0.6) is 0 Å². The number of nitrogens with two attached hydrogens (primary N) is 1. The van der Waals surface area contributed by atoms with E-state index in [1.54, 1.807) is 18.3 Å². The SMILES string of the molecule is Cc1cc(CNC(=O)C(C)C(N)=NO)sc1C. The molecule has 4 N–H and O–H groups in total. The third-order valence-electron chi connectivity index (χ3n) is 2.61. The van der Waals surface area contributed by atoms with E-state index in [9.17, 15) is 4.79 Å². The minimum absolute atomic E-state index is 0.0824. The highest BCUT2D eigenvalue weighted by atomic mass is 32.1. The van der Waals surface area contributed by atoms with Crippen molar-refractivity contribution in [2.24, 2.45) is 16.8 Å². The molecule has 0 aliphatic carbocycles. The van der Waals surface area contributed by atoms with Gasteiger partial charge in [-0.15, -0.1) is 11.3 Å². The van der Waals surface area contributed by atoms with E-state index in [-0.39, 0.29) is 11.7 Å². The van der Waals surface area contributed by atoms with Crippen LogP contribution in [0.2, 0.25) is 0 Å². The topological polar surface area (TPSA) is 87.7 Å². The molecule has 0 aliphatic heterocycles. The van der Waals surface area contributed by atoms with Gasteiger partial charge >= 0.3 is 0 Å². The molecule has 1 unspecified atom stereocenters. The third kappa shape index (κ3) is 3.45. The maximum absolute atomic E-state index is 11.6. The molecule has 1 atom stereocenters. The van der Waals surface area contributed by atoms with E-state index < -0.39 is 5.92 Å². The molecule has 0 radical (unpaired) electrons. The fourth-order valence-electron chi connectivity index (χ4n) is 1.29. The average molecular weight is 255 g/mol. The van der Waals surface area contributed by atoms with Crippen LogP contribution in [0.3, 0.4) is 0 Å². The second-order valence-corrected chi connectivity index (χ2v) is 5.26. The summed E-state index contributed by atoms with van der Waals surface area (Å²) in [6, 6.07) is 2.05. The summed E-state index contributed by atoms with van der Waals surface area (Å²) >= 11 is 1.66. The summed E-state index contributed by atoms with van der Waals surface area (Å²) in [5.41, 5.74) is 6.58. The van der Waals surface area contributed by atoms with Crippen molar-refractivity contribution in [3.05, 3.63) is 21.4 Å². The zero-order valence-electron chi connectivity index (χ0n) is 10.2. The van der Waals surface area contributed by atoms with Crippen LogP contribution in [-0.2, 0) is 11.3 Å². The van der Waals surface area contributed by atoms with E-state index >= 15 is 0 Å². The van der Waals surface area contributed by atoms with Crippen LogP contribution < -0.4 is 11.1 Å². The van der Waals surface area contributed by atoms with Crippen molar-refractivity contribution in [3.8, 4) is 0 Å². The number of amidine groups is 1. The lowest BCUT2D eigenvalue weighted by Crippen LogP contribution is -2.36. The molecule has 0 saturated carbocycles. The molecule has 0 aliphatic rings. The Morgan fingerprint density at radius 3 is 2.76 bits per heavy atom. The number of nitrogens with zero attached hydrogens (tertiary/aromatic N) is 1. The van der Waals surface area contributed by atoms with Gasteiger partial charge in [0.25, 0.3) is 0 Å². The summed E-state index contributed by atoms with van der Waals surface area (Å²) in [6.45, 7) is 6.15. The van der Waals surface area contributed by atoms with Crippen LogP contribution in [0, 0.1) is 19.8 Å². The van der Waals surface area contributed by atoms with Gasteiger partial charge in [0.15, 0.2) is 5.84 Å². The molecule has 17 heavy (non-hydrogen) atoms. The summed E-state index contributed by atoms with van der Waals surface area (Å²) in [4.78, 5) is 14.0. The first-order valence-corrected chi connectivity index (χ1v) is 6.08. The molecule has 94 valence electrons. The number of amides is 1. The van der Waals surface area contributed by atoms with Gasteiger partial charge in [0.1, 0.15) is 0 Å². The Hall–Kier alpha value is -1.56.